The predicted molar refractivity (Wildman–Crippen MR) is 182 cm³/mol. The van der Waals surface area contributed by atoms with Crippen LogP contribution < -0.4 is 9.64 Å². The minimum absolute atomic E-state index is 0.226. The van der Waals surface area contributed by atoms with Crippen molar-refractivity contribution in [2.24, 2.45) is 0 Å². The number of aromatic nitrogens is 3. The maximum Gasteiger partial charge on any atom is 0.340 e. The summed E-state index contributed by atoms with van der Waals surface area (Å²) in [6, 6.07) is 11.4. The third kappa shape index (κ3) is 5.83. The van der Waals surface area contributed by atoms with Crippen molar-refractivity contribution in [1.82, 2.24) is 14.6 Å². The lowest BCUT2D eigenvalue weighted by atomic mass is 9.86. The average molecular weight is 657 g/mol. The Morgan fingerprint density at radius 1 is 1.15 bits per heavy atom. The normalized spacial score (nSPS) is 21.2. The Balaban J connectivity index is 1.49. The summed E-state index contributed by atoms with van der Waals surface area (Å²) in [5.41, 5.74) is 5.54. The summed E-state index contributed by atoms with van der Waals surface area (Å²) in [6.07, 6.45) is 1.74. The van der Waals surface area contributed by atoms with E-state index >= 15 is 4.39 Å². The molecular weight excluding hydrogens is 611 g/mol. The highest BCUT2D eigenvalue weighted by Crippen LogP contribution is 2.49. The molecule has 8 rings (SSSR count). The Hall–Kier alpha value is -4.02. The number of anilines is 1. The van der Waals surface area contributed by atoms with Crippen LogP contribution in [0.4, 0.5) is 10.2 Å². The quantitative estimate of drug-likeness (QED) is 0.205. The standard InChI is InChI=1S/C38H45FN4O5/c1-8-45-36(44)34(48-37(4,5)6)31-23(3)40-30-21-27-24-11-9-12-25-32(24)28(47-29-20-22(2)19-26(39)33(25)29)13-10-18-46-38(7)14-16-42(17-15-38)35(31)43(30)41-27/h9,11-12,19-21,28,34H,8,10,13-18H2,1-7H3/t28-,34+/m1/s1. The van der Waals surface area contributed by atoms with E-state index in [9.17, 15) is 4.79 Å². The molecule has 0 spiro atoms. The Labute approximate surface area is 281 Å². The molecule has 2 atom stereocenters. The van der Waals surface area contributed by atoms with Crippen LogP contribution in [0.15, 0.2) is 36.4 Å². The van der Waals surface area contributed by atoms with E-state index in [1.807, 2.05) is 69.5 Å². The molecule has 4 aliphatic heterocycles. The van der Waals surface area contributed by atoms with E-state index in [0.717, 1.165) is 47.3 Å². The van der Waals surface area contributed by atoms with Gasteiger partial charge in [-0.1, -0.05) is 18.2 Å². The molecule has 4 aromatic rings. The van der Waals surface area contributed by atoms with Crippen LogP contribution in [0.1, 0.15) is 94.9 Å². The summed E-state index contributed by atoms with van der Waals surface area (Å²) in [5.74, 6) is 0.542. The van der Waals surface area contributed by atoms with Gasteiger partial charge in [-0.2, -0.15) is 9.61 Å². The van der Waals surface area contributed by atoms with E-state index in [4.69, 9.17) is 29.0 Å². The molecule has 4 bridgehead atoms. The van der Waals surface area contributed by atoms with Crippen molar-refractivity contribution in [3.63, 3.8) is 0 Å². The first-order valence-electron chi connectivity index (χ1n) is 17.1. The second-order valence-electron chi connectivity index (χ2n) is 14.5. The molecule has 48 heavy (non-hydrogen) atoms. The average Bonchev–Trinajstić information content (AvgIpc) is 3.44. The highest BCUT2D eigenvalue weighted by Gasteiger charge is 2.39. The second-order valence-corrected chi connectivity index (χ2v) is 14.5. The smallest absolute Gasteiger partial charge is 0.340 e. The molecule has 4 aliphatic rings. The van der Waals surface area contributed by atoms with Crippen LogP contribution in [0.3, 0.4) is 0 Å². The molecule has 0 aliphatic carbocycles. The molecule has 9 nitrogen and oxygen atoms in total. The molecular formula is C38H45FN4O5. The summed E-state index contributed by atoms with van der Waals surface area (Å²) in [5, 5.41) is 5.22. The number of carbonyl (C=O) groups excluding carboxylic acids is 1. The van der Waals surface area contributed by atoms with Crippen molar-refractivity contribution < 1.29 is 28.1 Å². The molecule has 6 heterocycles. The summed E-state index contributed by atoms with van der Waals surface area (Å²) in [7, 11) is 0. The molecule has 0 radical (unpaired) electrons. The van der Waals surface area contributed by atoms with Crippen LogP contribution in [-0.2, 0) is 19.0 Å². The van der Waals surface area contributed by atoms with Gasteiger partial charge in [-0.15, -0.1) is 0 Å². The second kappa shape index (κ2) is 12.1. The summed E-state index contributed by atoms with van der Waals surface area (Å²) >= 11 is 0. The molecule has 0 unspecified atom stereocenters. The van der Waals surface area contributed by atoms with Gasteiger partial charge in [0, 0.05) is 42.6 Å². The Kier molecular flexibility index (Phi) is 8.23. The summed E-state index contributed by atoms with van der Waals surface area (Å²) < 4.78 is 42.8. The van der Waals surface area contributed by atoms with E-state index in [-0.39, 0.29) is 24.1 Å². The van der Waals surface area contributed by atoms with Gasteiger partial charge >= 0.3 is 5.97 Å². The first-order valence-corrected chi connectivity index (χ1v) is 17.1. The van der Waals surface area contributed by atoms with Gasteiger partial charge < -0.3 is 23.8 Å². The number of hydrogen-bond donors (Lipinski definition) is 0. The minimum atomic E-state index is -1.01. The topological polar surface area (TPSA) is 87.4 Å². The van der Waals surface area contributed by atoms with Crippen LogP contribution in [0.2, 0.25) is 0 Å². The molecule has 10 heteroatoms. The summed E-state index contributed by atoms with van der Waals surface area (Å²) in [6.45, 7) is 15.8. The van der Waals surface area contributed by atoms with Crippen LogP contribution >= 0.6 is 0 Å². The predicted octanol–water partition coefficient (Wildman–Crippen LogP) is 7.84. The first-order chi connectivity index (χ1) is 22.9. The van der Waals surface area contributed by atoms with E-state index < -0.39 is 17.7 Å². The monoisotopic (exact) mass is 656 g/mol. The van der Waals surface area contributed by atoms with Gasteiger partial charge in [0.25, 0.3) is 0 Å². The number of halogens is 1. The molecule has 1 saturated heterocycles. The third-order valence-corrected chi connectivity index (χ3v) is 9.66. The van der Waals surface area contributed by atoms with Crippen LogP contribution in [0.25, 0.3) is 28.0 Å². The molecule has 0 amide bonds. The van der Waals surface area contributed by atoms with Crippen molar-refractivity contribution in [3.8, 4) is 28.1 Å². The van der Waals surface area contributed by atoms with Crippen molar-refractivity contribution in [3.05, 3.63) is 64.6 Å². The number of hydrogen-bond acceptors (Lipinski definition) is 8. The van der Waals surface area contributed by atoms with Crippen molar-refractivity contribution >= 4 is 17.4 Å². The Bertz CT molecular complexity index is 1890. The van der Waals surface area contributed by atoms with Gasteiger partial charge in [0.15, 0.2) is 11.8 Å². The lowest BCUT2D eigenvalue weighted by molar-refractivity contribution is -0.166. The number of aryl methyl sites for hydroxylation is 2. The number of carbonyl (C=O) groups is 1. The summed E-state index contributed by atoms with van der Waals surface area (Å²) in [4.78, 5) is 20.9. The molecule has 254 valence electrons. The molecule has 1 fully saturated rings. The maximum atomic E-state index is 15.7. The zero-order valence-corrected chi connectivity index (χ0v) is 29.0. The number of nitrogens with zero attached hydrogens (tertiary/aromatic N) is 4. The van der Waals surface area contributed by atoms with Gasteiger partial charge in [0.05, 0.1) is 34.6 Å². The van der Waals surface area contributed by atoms with Crippen LogP contribution in [0, 0.1) is 19.7 Å². The van der Waals surface area contributed by atoms with Gasteiger partial charge in [0.2, 0.25) is 0 Å². The molecule has 2 aromatic heterocycles. The SMILES string of the molecule is CCOC(=O)[C@@H](OC(C)(C)C)c1c(C)nc2cc3nn2c1N1CCC(C)(CC1)OCCC[C@H]1Oc2cc(C)cc(F)c2-c2cccc-3c21. The highest BCUT2D eigenvalue weighted by molar-refractivity contribution is 5.84. The minimum Gasteiger partial charge on any atom is -0.485 e. The molecule has 2 aromatic carbocycles. The van der Waals surface area contributed by atoms with Crippen molar-refractivity contribution in [2.45, 2.75) is 97.6 Å². The van der Waals surface area contributed by atoms with Gasteiger partial charge in [-0.05, 0) is 97.4 Å². The number of esters is 1. The van der Waals surface area contributed by atoms with E-state index in [0.29, 0.717) is 60.0 Å². The number of fused-ring (bicyclic) bond motifs is 7. The van der Waals surface area contributed by atoms with Crippen molar-refractivity contribution in [1.29, 1.82) is 0 Å². The third-order valence-electron chi connectivity index (χ3n) is 9.66. The van der Waals surface area contributed by atoms with E-state index in [1.165, 1.54) is 0 Å². The van der Waals surface area contributed by atoms with Crippen LogP contribution in [0.5, 0.6) is 5.75 Å². The largest absolute Gasteiger partial charge is 0.485 e. The van der Waals surface area contributed by atoms with E-state index in [2.05, 4.69) is 11.8 Å². The zero-order valence-electron chi connectivity index (χ0n) is 29.0. The lowest BCUT2D eigenvalue weighted by Gasteiger charge is -2.41. The fourth-order valence-electron chi connectivity index (χ4n) is 7.41. The lowest BCUT2D eigenvalue weighted by Crippen LogP contribution is -2.46. The number of ether oxygens (including phenoxy) is 4. The first kappa shape index (κ1) is 32.5. The van der Waals surface area contributed by atoms with Crippen molar-refractivity contribution in [2.75, 3.05) is 31.2 Å². The van der Waals surface area contributed by atoms with Crippen LogP contribution in [-0.4, -0.2) is 58.1 Å². The number of piperidine rings is 1. The van der Waals surface area contributed by atoms with E-state index in [1.54, 1.807) is 13.0 Å². The van der Waals surface area contributed by atoms with Gasteiger partial charge in [-0.25, -0.2) is 14.2 Å². The number of benzene rings is 2. The molecule has 0 N–H and O–H groups in total. The molecule has 0 saturated carbocycles. The fourth-order valence-corrected chi connectivity index (χ4v) is 7.41. The number of rotatable bonds is 4. The van der Waals surface area contributed by atoms with Gasteiger partial charge in [-0.3, -0.25) is 0 Å². The fraction of sp³-hybridized carbons (Fsp3) is 0.500. The zero-order chi connectivity index (χ0) is 34.0. The Morgan fingerprint density at radius 3 is 2.62 bits per heavy atom. The van der Waals surface area contributed by atoms with Gasteiger partial charge in [0.1, 0.15) is 23.5 Å². The Morgan fingerprint density at radius 2 is 1.90 bits per heavy atom. The maximum absolute atomic E-state index is 15.7. The highest BCUT2D eigenvalue weighted by atomic mass is 19.1.